The van der Waals surface area contributed by atoms with E-state index in [1.807, 2.05) is 91.4 Å². The summed E-state index contributed by atoms with van der Waals surface area (Å²) in [5, 5.41) is 0. The van der Waals surface area contributed by atoms with Gasteiger partial charge in [0.25, 0.3) is 0 Å². The van der Waals surface area contributed by atoms with E-state index in [2.05, 4.69) is 9.97 Å². The molecule has 0 bridgehead atoms. The summed E-state index contributed by atoms with van der Waals surface area (Å²) >= 11 is 0. The molecule has 0 aromatic carbocycles. The van der Waals surface area contributed by atoms with Crippen molar-refractivity contribution in [3.05, 3.63) is 48.3 Å². The maximum atomic E-state index is 3.98. The fourth-order valence-electron chi connectivity index (χ4n) is 0.992. The number of imidazole rings is 1. The molecule has 0 spiro atoms. The van der Waals surface area contributed by atoms with Gasteiger partial charge in [-0.15, -0.1) is 0 Å². The van der Waals surface area contributed by atoms with Gasteiger partial charge in [-0.3, -0.25) is 4.98 Å². The molecule has 2 aromatic rings. The Kier molecular flexibility index (Phi) is 23.1. The van der Waals surface area contributed by atoms with Crippen molar-refractivity contribution in [2.24, 2.45) is 7.05 Å². The van der Waals surface area contributed by atoms with E-state index in [0.29, 0.717) is 0 Å². The lowest BCUT2D eigenvalue weighted by Gasteiger charge is -1.82. The second kappa shape index (κ2) is 19.7. The molecule has 0 saturated carbocycles. The van der Waals surface area contributed by atoms with Crippen LogP contribution in [0.5, 0.6) is 0 Å². The molecule has 0 unspecified atom stereocenters. The first kappa shape index (κ1) is 23.5. The predicted molar refractivity (Wildman–Crippen MR) is 91.0 cm³/mol. The fourth-order valence-corrected chi connectivity index (χ4v) is 0.992. The first-order chi connectivity index (χ1) is 9.68. The van der Waals surface area contributed by atoms with Crippen LogP contribution in [0, 0.1) is 13.8 Å². The summed E-state index contributed by atoms with van der Waals surface area (Å²) in [6.07, 6.45) is 5.55. The van der Waals surface area contributed by atoms with Crippen molar-refractivity contribution in [1.29, 1.82) is 0 Å². The molecule has 0 aliphatic carbocycles. The van der Waals surface area contributed by atoms with Crippen LogP contribution in [-0.4, -0.2) is 14.5 Å². The number of pyridine rings is 1. The van der Waals surface area contributed by atoms with E-state index >= 15 is 0 Å². The van der Waals surface area contributed by atoms with Crippen molar-refractivity contribution in [1.82, 2.24) is 14.5 Å². The molecule has 3 heteroatoms. The number of aryl methyl sites for hydroxylation is 3. The van der Waals surface area contributed by atoms with E-state index < -0.39 is 0 Å². The lowest BCUT2D eigenvalue weighted by Crippen LogP contribution is -1.76. The van der Waals surface area contributed by atoms with E-state index in [-0.39, 0.29) is 0 Å². The topological polar surface area (TPSA) is 30.7 Å². The second-order valence-electron chi connectivity index (χ2n) is 3.15. The Morgan fingerprint density at radius 2 is 1.35 bits per heavy atom. The molecule has 2 aromatic heterocycles. The normalized spacial score (nSPS) is 7.25. The Balaban J connectivity index is -0.000000211. The van der Waals surface area contributed by atoms with E-state index in [9.17, 15) is 0 Å². The number of rotatable bonds is 0. The van der Waals surface area contributed by atoms with Crippen LogP contribution in [0.25, 0.3) is 0 Å². The number of nitrogens with zero attached hydrogens (tertiary/aromatic N) is 3. The van der Waals surface area contributed by atoms with Gasteiger partial charge in [-0.2, -0.15) is 0 Å². The third-order valence-electron chi connectivity index (χ3n) is 1.65. The van der Waals surface area contributed by atoms with Gasteiger partial charge in [-0.1, -0.05) is 47.6 Å². The Hall–Kier alpha value is -1.64. The molecular weight excluding hydrogens is 246 g/mol. The van der Waals surface area contributed by atoms with E-state index in [1.54, 1.807) is 12.5 Å². The van der Waals surface area contributed by atoms with Crippen LogP contribution in [0.1, 0.15) is 52.9 Å². The van der Waals surface area contributed by atoms with Gasteiger partial charge in [0.05, 0.1) is 12.0 Å². The number of hydrogen-bond acceptors (Lipinski definition) is 2. The van der Waals surface area contributed by atoms with Crippen LogP contribution in [0.4, 0.5) is 0 Å². The highest BCUT2D eigenvalue weighted by Crippen LogP contribution is 1.87. The van der Waals surface area contributed by atoms with Crippen LogP contribution >= 0.6 is 0 Å². The van der Waals surface area contributed by atoms with Gasteiger partial charge in [0.1, 0.15) is 0 Å². The minimum atomic E-state index is 1.07. The Labute approximate surface area is 126 Å². The Morgan fingerprint density at radius 1 is 0.800 bits per heavy atom. The molecule has 0 saturated heterocycles. The summed E-state index contributed by atoms with van der Waals surface area (Å²) in [4.78, 5) is 7.96. The Morgan fingerprint density at radius 3 is 1.50 bits per heavy atom. The van der Waals surface area contributed by atoms with Gasteiger partial charge >= 0.3 is 0 Å². The third kappa shape index (κ3) is 16.4. The smallest absolute Gasteiger partial charge is 0.0946 e. The molecule has 2 heterocycles. The van der Waals surface area contributed by atoms with Crippen molar-refractivity contribution in [2.45, 2.75) is 55.4 Å². The lowest BCUT2D eigenvalue weighted by atomic mass is 10.4. The van der Waals surface area contributed by atoms with Crippen LogP contribution in [-0.2, 0) is 7.05 Å². The number of hydrogen-bond donors (Lipinski definition) is 0. The molecule has 0 amide bonds. The van der Waals surface area contributed by atoms with E-state index in [4.69, 9.17) is 0 Å². The molecule has 116 valence electrons. The summed E-state index contributed by atoms with van der Waals surface area (Å²) in [5.74, 6) is 0. The molecule has 0 radical (unpaired) electrons. The van der Waals surface area contributed by atoms with Crippen molar-refractivity contribution in [2.75, 3.05) is 0 Å². The van der Waals surface area contributed by atoms with Gasteiger partial charge in [0.2, 0.25) is 0 Å². The minimum absolute atomic E-state index is 1.07. The molecule has 3 nitrogen and oxygen atoms in total. The lowest BCUT2D eigenvalue weighted by molar-refractivity contribution is 0.913. The van der Waals surface area contributed by atoms with Crippen LogP contribution in [0.3, 0.4) is 0 Å². The predicted octanol–water partition coefficient (Wildman–Crippen LogP) is 5.20. The fraction of sp³-hybridized carbons (Fsp3) is 0.529. The molecule has 0 N–H and O–H groups in total. The van der Waals surface area contributed by atoms with E-state index in [1.165, 1.54) is 0 Å². The summed E-state index contributed by atoms with van der Waals surface area (Å²) in [5.41, 5.74) is 2.14. The molecular formula is C17H33N3. The van der Waals surface area contributed by atoms with Crippen molar-refractivity contribution in [3.8, 4) is 0 Å². The second-order valence-corrected chi connectivity index (χ2v) is 3.15. The maximum absolute atomic E-state index is 3.98. The highest BCUT2D eigenvalue weighted by Gasteiger charge is 1.81. The molecule has 0 atom stereocenters. The SMILES string of the molecule is CC.CC.CC.Cc1ccccn1.Cc1cn(C)cn1. The highest BCUT2D eigenvalue weighted by molar-refractivity contribution is 4.99. The van der Waals surface area contributed by atoms with Crippen molar-refractivity contribution < 1.29 is 0 Å². The van der Waals surface area contributed by atoms with Gasteiger partial charge in [-0.25, -0.2) is 4.98 Å². The molecule has 0 fully saturated rings. The maximum Gasteiger partial charge on any atom is 0.0946 e. The number of aromatic nitrogens is 3. The summed E-state index contributed by atoms with van der Waals surface area (Å²) < 4.78 is 1.93. The molecule has 0 aliphatic heterocycles. The standard InChI is InChI=1S/C6H7N.C5H8N2.3C2H6/c1-6-4-2-3-5-7-6;1-5-3-7(2)4-6-5;3*1-2/h2-5H,1H3;3-4H,1-2H3;3*1-2H3. The Bertz CT molecular complexity index is 350. The zero-order valence-corrected chi connectivity index (χ0v) is 14.8. The van der Waals surface area contributed by atoms with Gasteiger partial charge in [0.15, 0.2) is 0 Å². The average molecular weight is 279 g/mol. The minimum Gasteiger partial charge on any atom is -0.340 e. The van der Waals surface area contributed by atoms with Gasteiger partial charge in [0, 0.05) is 25.1 Å². The van der Waals surface area contributed by atoms with Gasteiger partial charge < -0.3 is 4.57 Å². The molecule has 2 rings (SSSR count). The van der Waals surface area contributed by atoms with Crippen LogP contribution < -0.4 is 0 Å². The first-order valence-electron chi connectivity index (χ1n) is 7.50. The van der Waals surface area contributed by atoms with Crippen molar-refractivity contribution >= 4 is 0 Å². The first-order valence-corrected chi connectivity index (χ1v) is 7.50. The zero-order valence-electron chi connectivity index (χ0n) is 14.8. The quantitative estimate of drug-likeness (QED) is 0.664. The van der Waals surface area contributed by atoms with E-state index in [0.717, 1.165) is 11.4 Å². The summed E-state index contributed by atoms with van der Waals surface area (Å²) in [6, 6.07) is 5.86. The van der Waals surface area contributed by atoms with Crippen molar-refractivity contribution in [3.63, 3.8) is 0 Å². The van der Waals surface area contributed by atoms with Crippen LogP contribution in [0.15, 0.2) is 36.9 Å². The third-order valence-corrected chi connectivity index (χ3v) is 1.65. The zero-order chi connectivity index (χ0) is 16.4. The monoisotopic (exact) mass is 279 g/mol. The largest absolute Gasteiger partial charge is 0.340 e. The van der Waals surface area contributed by atoms with Gasteiger partial charge in [-0.05, 0) is 26.0 Å². The average Bonchev–Trinajstić information content (AvgIpc) is 2.90. The molecule has 20 heavy (non-hydrogen) atoms. The summed E-state index contributed by atoms with van der Waals surface area (Å²) in [7, 11) is 1.96. The summed E-state index contributed by atoms with van der Waals surface area (Å²) in [6.45, 7) is 15.9. The highest BCUT2D eigenvalue weighted by atomic mass is 15.0. The van der Waals surface area contributed by atoms with Crippen LogP contribution in [0.2, 0.25) is 0 Å². The molecule has 0 aliphatic rings.